The fourth-order valence-corrected chi connectivity index (χ4v) is 4.69. The van der Waals surface area contributed by atoms with Gasteiger partial charge in [-0.25, -0.2) is 9.40 Å². The van der Waals surface area contributed by atoms with Gasteiger partial charge in [-0.3, -0.25) is 14.6 Å². The smallest absolute Gasteiger partial charge is 0.416 e. The number of aliphatic hydroxyl groups is 1. The molecule has 0 radical (unpaired) electrons. The van der Waals surface area contributed by atoms with Crippen molar-refractivity contribution >= 4 is 17.5 Å². The maximum absolute atomic E-state index is 14.5. The number of amides is 2. The van der Waals surface area contributed by atoms with Crippen molar-refractivity contribution in [3.05, 3.63) is 70.5 Å². The summed E-state index contributed by atoms with van der Waals surface area (Å²) in [5.74, 6) is -6.33. The van der Waals surface area contributed by atoms with Crippen LogP contribution in [0.15, 0.2) is 47.7 Å². The predicted molar refractivity (Wildman–Crippen MR) is 117 cm³/mol. The Morgan fingerprint density at radius 2 is 1.64 bits per heavy atom. The number of likely N-dealkylation sites (N-methyl/N-ethyl adjacent to an activating group) is 1. The van der Waals surface area contributed by atoms with Gasteiger partial charge in [-0.2, -0.15) is 17.6 Å². The quantitative estimate of drug-likeness (QED) is 0.411. The van der Waals surface area contributed by atoms with Crippen molar-refractivity contribution in [2.75, 3.05) is 12.4 Å². The number of aromatic hydroxyl groups is 1. The SMILES string of the molecule is CN1N(Cc2ccc(O)c(F)c2F)C(=O)C(C(=O)Nc2ccc(C(F)(F)F)cc2)=C(O)C12CCCC2. The van der Waals surface area contributed by atoms with Crippen molar-refractivity contribution in [3.8, 4) is 5.75 Å². The first kappa shape index (κ1) is 25.4. The van der Waals surface area contributed by atoms with E-state index in [2.05, 4.69) is 5.32 Å². The van der Waals surface area contributed by atoms with Crippen molar-refractivity contribution in [2.45, 2.75) is 43.9 Å². The van der Waals surface area contributed by atoms with E-state index in [4.69, 9.17) is 0 Å². The molecule has 1 aliphatic carbocycles. The Balaban J connectivity index is 1.69. The largest absolute Gasteiger partial charge is 0.509 e. The van der Waals surface area contributed by atoms with Crippen LogP contribution in [0.1, 0.15) is 36.8 Å². The number of hydrogen-bond donors (Lipinski definition) is 3. The summed E-state index contributed by atoms with van der Waals surface area (Å²) >= 11 is 0. The monoisotopic (exact) mass is 511 g/mol. The maximum atomic E-state index is 14.5. The normalized spacial score (nSPS) is 18.3. The van der Waals surface area contributed by atoms with Crippen molar-refractivity contribution in [1.29, 1.82) is 0 Å². The third-order valence-corrected chi connectivity index (χ3v) is 6.70. The molecule has 0 unspecified atom stereocenters. The van der Waals surface area contributed by atoms with E-state index >= 15 is 0 Å². The fourth-order valence-electron chi connectivity index (χ4n) is 4.69. The lowest BCUT2D eigenvalue weighted by molar-refractivity contribution is -0.162. The Morgan fingerprint density at radius 3 is 2.22 bits per heavy atom. The Bertz CT molecular complexity index is 1240. The second-order valence-corrected chi connectivity index (χ2v) is 8.75. The van der Waals surface area contributed by atoms with Crippen LogP contribution < -0.4 is 5.32 Å². The van der Waals surface area contributed by atoms with Gasteiger partial charge in [0.1, 0.15) is 11.3 Å². The highest BCUT2D eigenvalue weighted by atomic mass is 19.4. The lowest BCUT2D eigenvalue weighted by Crippen LogP contribution is -2.62. The molecule has 1 spiro atoms. The van der Waals surface area contributed by atoms with Crippen LogP contribution in [0, 0.1) is 11.6 Å². The van der Waals surface area contributed by atoms with Gasteiger partial charge in [-0.05, 0) is 43.2 Å². The van der Waals surface area contributed by atoms with Crippen LogP contribution in [0.25, 0.3) is 0 Å². The third-order valence-electron chi connectivity index (χ3n) is 6.70. The van der Waals surface area contributed by atoms with E-state index in [1.165, 1.54) is 12.1 Å². The number of rotatable bonds is 4. The fraction of sp³-hybridized carbons (Fsp3) is 0.333. The first-order valence-electron chi connectivity index (χ1n) is 11.0. The highest BCUT2D eigenvalue weighted by Gasteiger charge is 2.52. The number of anilines is 1. The number of carbonyl (C=O) groups excluding carboxylic acids is 2. The number of nitrogens with one attached hydrogen (secondary N) is 1. The molecule has 1 aliphatic heterocycles. The summed E-state index contributed by atoms with van der Waals surface area (Å²) in [5.41, 5.74) is -3.06. The first-order chi connectivity index (χ1) is 16.9. The molecule has 0 bridgehead atoms. The van der Waals surface area contributed by atoms with Gasteiger partial charge in [0, 0.05) is 18.3 Å². The molecule has 36 heavy (non-hydrogen) atoms. The molecule has 1 fully saturated rings. The van der Waals surface area contributed by atoms with E-state index in [1.807, 2.05) is 0 Å². The Labute approximate surface area is 202 Å². The van der Waals surface area contributed by atoms with E-state index in [0.717, 1.165) is 41.4 Å². The minimum atomic E-state index is -4.58. The molecular formula is C24H22F5N3O4. The lowest BCUT2D eigenvalue weighted by Gasteiger charge is -2.48. The van der Waals surface area contributed by atoms with Crippen LogP contribution in [-0.4, -0.2) is 44.6 Å². The molecule has 2 aromatic carbocycles. The minimum Gasteiger partial charge on any atom is -0.509 e. The van der Waals surface area contributed by atoms with Gasteiger partial charge in [-0.1, -0.05) is 18.9 Å². The zero-order chi connectivity index (χ0) is 26.4. The van der Waals surface area contributed by atoms with E-state index in [1.54, 1.807) is 0 Å². The van der Waals surface area contributed by atoms with E-state index in [0.29, 0.717) is 25.7 Å². The molecule has 7 nitrogen and oxygen atoms in total. The molecule has 2 aromatic rings. The molecule has 12 heteroatoms. The summed E-state index contributed by atoms with van der Waals surface area (Å²) in [5, 5.41) is 25.2. The van der Waals surface area contributed by atoms with Gasteiger partial charge >= 0.3 is 6.18 Å². The number of phenolic OH excluding ortho intramolecular Hbond substituents is 1. The number of benzene rings is 2. The van der Waals surface area contributed by atoms with E-state index < -0.39 is 64.4 Å². The van der Waals surface area contributed by atoms with Crippen LogP contribution in [0.3, 0.4) is 0 Å². The predicted octanol–water partition coefficient (Wildman–Crippen LogP) is 4.64. The molecule has 2 amide bonds. The number of nitrogens with zero attached hydrogens (tertiary/aromatic N) is 2. The minimum absolute atomic E-state index is 0.0429. The summed E-state index contributed by atoms with van der Waals surface area (Å²) in [6, 6.07) is 5.56. The van der Waals surface area contributed by atoms with Crippen LogP contribution in [0.2, 0.25) is 0 Å². The standard InChI is InChI=1S/C24H22F5N3O4/c1-31-23(10-2-3-11-23)20(34)17(21(35)30-15-7-5-14(6-8-15)24(27,28)29)22(36)32(31)12-13-4-9-16(33)19(26)18(13)25/h4-9,33-34H,2-3,10-12H2,1H3,(H,30,35). The molecule has 4 rings (SSSR count). The highest BCUT2D eigenvalue weighted by molar-refractivity contribution is 6.23. The number of alkyl halides is 3. The average Bonchev–Trinajstić information content (AvgIpc) is 3.32. The zero-order valence-corrected chi connectivity index (χ0v) is 19.0. The van der Waals surface area contributed by atoms with E-state index in [9.17, 15) is 41.8 Å². The number of hydrogen-bond acceptors (Lipinski definition) is 5. The molecule has 0 atom stereocenters. The molecular weight excluding hydrogens is 489 g/mol. The summed E-state index contributed by atoms with van der Waals surface area (Å²) in [6.45, 7) is -0.509. The molecule has 0 aromatic heterocycles. The van der Waals surface area contributed by atoms with Gasteiger partial charge in [0.25, 0.3) is 11.8 Å². The Kier molecular flexibility index (Phi) is 6.41. The Morgan fingerprint density at radius 1 is 1.03 bits per heavy atom. The summed E-state index contributed by atoms with van der Waals surface area (Å²) in [6.07, 6.45) is -2.53. The topological polar surface area (TPSA) is 93.1 Å². The van der Waals surface area contributed by atoms with Crippen molar-refractivity contribution in [2.24, 2.45) is 0 Å². The summed E-state index contributed by atoms with van der Waals surface area (Å²) in [7, 11) is 1.48. The van der Waals surface area contributed by atoms with Crippen LogP contribution in [0.4, 0.5) is 27.6 Å². The average molecular weight is 511 g/mol. The molecule has 2 aliphatic rings. The molecule has 1 heterocycles. The highest BCUT2D eigenvalue weighted by Crippen LogP contribution is 2.45. The number of aliphatic hydroxyl groups excluding tert-OH is 1. The number of carbonyl (C=O) groups is 2. The van der Waals surface area contributed by atoms with Crippen LogP contribution in [-0.2, 0) is 22.3 Å². The zero-order valence-electron chi connectivity index (χ0n) is 19.0. The summed E-state index contributed by atoms with van der Waals surface area (Å²) < 4.78 is 66.9. The molecule has 192 valence electrons. The second kappa shape index (κ2) is 9.08. The van der Waals surface area contributed by atoms with Gasteiger partial charge in [0.2, 0.25) is 5.82 Å². The van der Waals surface area contributed by atoms with Crippen LogP contribution >= 0.6 is 0 Å². The van der Waals surface area contributed by atoms with E-state index in [-0.39, 0.29) is 11.3 Å². The number of phenols is 1. The lowest BCUT2D eigenvalue weighted by atomic mass is 9.88. The van der Waals surface area contributed by atoms with Crippen molar-refractivity contribution in [3.63, 3.8) is 0 Å². The Hall–Kier alpha value is -3.67. The van der Waals surface area contributed by atoms with Crippen molar-refractivity contribution in [1.82, 2.24) is 10.0 Å². The molecule has 1 saturated carbocycles. The number of hydrazine groups is 1. The second-order valence-electron chi connectivity index (χ2n) is 8.75. The maximum Gasteiger partial charge on any atom is 0.416 e. The van der Waals surface area contributed by atoms with Gasteiger partial charge in [0.15, 0.2) is 11.6 Å². The number of halogens is 5. The van der Waals surface area contributed by atoms with Crippen LogP contribution in [0.5, 0.6) is 5.75 Å². The first-order valence-corrected chi connectivity index (χ1v) is 11.0. The molecule has 3 N–H and O–H groups in total. The molecule has 0 saturated heterocycles. The van der Waals surface area contributed by atoms with Gasteiger partial charge < -0.3 is 15.5 Å². The summed E-state index contributed by atoms with van der Waals surface area (Å²) in [4.78, 5) is 26.5. The van der Waals surface area contributed by atoms with Gasteiger partial charge in [0.05, 0.1) is 17.6 Å². The van der Waals surface area contributed by atoms with Gasteiger partial charge in [-0.15, -0.1) is 0 Å². The van der Waals surface area contributed by atoms with Crippen molar-refractivity contribution < 1.29 is 41.8 Å². The third kappa shape index (κ3) is 4.25.